The van der Waals surface area contributed by atoms with Crippen LogP contribution in [0.2, 0.25) is 0 Å². The fourth-order valence-corrected chi connectivity index (χ4v) is 2.72. The summed E-state index contributed by atoms with van der Waals surface area (Å²) in [6.07, 6.45) is 2.57. The molecule has 4 rings (SSSR count). The molecule has 0 atom stereocenters. The van der Waals surface area contributed by atoms with Gasteiger partial charge in [0.25, 0.3) is 5.56 Å². The lowest BCUT2D eigenvalue weighted by Crippen LogP contribution is -2.10. The highest BCUT2D eigenvalue weighted by atomic mass is 16.5. The van der Waals surface area contributed by atoms with Crippen LogP contribution in [0.4, 0.5) is 0 Å². The lowest BCUT2D eigenvalue weighted by molar-refractivity contribution is 0.318. The number of hydrogen-bond acceptors (Lipinski definition) is 5. The third-order valence-electron chi connectivity index (χ3n) is 3.93. The molecule has 3 heterocycles. The van der Waals surface area contributed by atoms with Crippen LogP contribution in [0.3, 0.4) is 0 Å². The molecule has 0 unspecified atom stereocenters. The number of rotatable bonds is 5. The highest BCUT2D eigenvalue weighted by molar-refractivity contribution is 5.89. The molecule has 130 valence electrons. The van der Waals surface area contributed by atoms with Crippen molar-refractivity contribution in [2.24, 2.45) is 0 Å². The summed E-state index contributed by atoms with van der Waals surface area (Å²) in [6.45, 7) is 2.63. The molecule has 0 aliphatic carbocycles. The van der Waals surface area contributed by atoms with E-state index in [2.05, 4.69) is 25.1 Å². The molecule has 1 aromatic carbocycles. The molecule has 7 heteroatoms. The van der Waals surface area contributed by atoms with Gasteiger partial charge in [0.2, 0.25) is 0 Å². The second kappa shape index (κ2) is 6.79. The molecule has 0 bridgehead atoms. The zero-order valence-corrected chi connectivity index (χ0v) is 14.2. The minimum absolute atomic E-state index is 0.287. The van der Waals surface area contributed by atoms with E-state index in [4.69, 9.17) is 4.74 Å². The standard InChI is InChI=1S/C19H17N5O2/c1-2-11-26-14-9-4-3-7-12(14)18-21-16-15(13-8-5-6-10-20-13)23-24-17(16)19(25)22-18/h3-10H,2,11H2,1H3,(H,23,24)(H,21,22,25). The van der Waals surface area contributed by atoms with Gasteiger partial charge in [-0.25, -0.2) is 4.98 Å². The first-order valence-electron chi connectivity index (χ1n) is 8.40. The molecule has 3 aromatic heterocycles. The van der Waals surface area contributed by atoms with E-state index in [1.807, 2.05) is 49.4 Å². The maximum atomic E-state index is 12.5. The van der Waals surface area contributed by atoms with Crippen LogP contribution >= 0.6 is 0 Å². The quantitative estimate of drug-likeness (QED) is 0.578. The Kier molecular flexibility index (Phi) is 4.18. The minimum Gasteiger partial charge on any atom is -0.493 e. The predicted molar refractivity (Wildman–Crippen MR) is 99.0 cm³/mol. The zero-order chi connectivity index (χ0) is 17.9. The van der Waals surface area contributed by atoms with E-state index in [1.165, 1.54) is 0 Å². The van der Waals surface area contributed by atoms with Gasteiger partial charge in [0.15, 0.2) is 0 Å². The Hall–Kier alpha value is -3.48. The van der Waals surface area contributed by atoms with Gasteiger partial charge in [0, 0.05) is 6.20 Å². The van der Waals surface area contributed by atoms with E-state index in [0.717, 1.165) is 12.0 Å². The molecule has 2 N–H and O–H groups in total. The number of hydrogen-bond donors (Lipinski definition) is 2. The third-order valence-corrected chi connectivity index (χ3v) is 3.93. The van der Waals surface area contributed by atoms with Crippen molar-refractivity contribution in [2.75, 3.05) is 6.61 Å². The number of aromatic nitrogens is 5. The molecule has 0 amide bonds. The number of benzene rings is 1. The van der Waals surface area contributed by atoms with Gasteiger partial charge in [-0.15, -0.1) is 0 Å². The summed E-state index contributed by atoms with van der Waals surface area (Å²) in [5.41, 5.74) is 2.44. The molecule has 0 spiro atoms. The molecule has 7 nitrogen and oxygen atoms in total. The van der Waals surface area contributed by atoms with Crippen molar-refractivity contribution in [1.29, 1.82) is 0 Å². The van der Waals surface area contributed by atoms with E-state index in [0.29, 0.717) is 40.6 Å². The topological polar surface area (TPSA) is 96.6 Å². The molecule has 0 fully saturated rings. The van der Waals surface area contributed by atoms with Crippen LogP contribution < -0.4 is 10.3 Å². The lowest BCUT2D eigenvalue weighted by Gasteiger charge is -2.10. The van der Waals surface area contributed by atoms with Crippen molar-refractivity contribution in [3.63, 3.8) is 0 Å². The summed E-state index contributed by atoms with van der Waals surface area (Å²) in [5.74, 6) is 1.12. The smallest absolute Gasteiger partial charge is 0.277 e. The van der Waals surface area contributed by atoms with Crippen LogP contribution in [-0.2, 0) is 0 Å². The number of para-hydroxylation sites is 1. The zero-order valence-electron chi connectivity index (χ0n) is 14.2. The largest absolute Gasteiger partial charge is 0.493 e. The van der Waals surface area contributed by atoms with Gasteiger partial charge in [0.1, 0.15) is 28.3 Å². The normalized spacial score (nSPS) is 11.0. The first kappa shape index (κ1) is 16.0. The highest BCUT2D eigenvalue weighted by Crippen LogP contribution is 2.29. The van der Waals surface area contributed by atoms with E-state index < -0.39 is 0 Å². The Morgan fingerprint density at radius 3 is 2.77 bits per heavy atom. The highest BCUT2D eigenvalue weighted by Gasteiger charge is 2.16. The third kappa shape index (κ3) is 2.83. The van der Waals surface area contributed by atoms with E-state index in [-0.39, 0.29) is 5.56 Å². The molecule has 0 saturated heterocycles. The maximum absolute atomic E-state index is 12.5. The Labute approximate surface area is 149 Å². The van der Waals surface area contributed by atoms with Crippen molar-refractivity contribution in [3.05, 3.63) is 59.0 Å². The Bertz CT molecular complexity index is 1100. The van der Waals surface area contributed by atoms with E-state index >= 15 is 0 Å². The fourth-order valence-electron chi connectivity index (χ4n) is 2.72. The average molecular weight is 347 g/mol. The Morgan fingerprint density at radius 2 is 1.96 bits per heavy atom. The fraction of sp³-hybridized carbons (Fsp3) is 0.158. The summed E-state index contributed by atoms with van der Waals surface area (Å²) in [6, 6.07) is 13.0. The first-order valence-corrected chi connectivity index (χ1v) is 8.40. The number of fused-ring (bicyclic) bond motifs is 1. The SMILES string of the molecule is CCCOc1ccccc1-c1nc2c(-c3ccccn3)n[nH]c2c(=O)[nH]1. The molecule has 0 saturated carbocycles. The number of nitrogens with one attached hydrogen (secondary N) is 2. The first-order chi connectivity index (χ1) is 12.8. The summed E-state index contributed by atoms with van der Waals surface area (Å²) in [5, 5.41) is 6.99. The maximum Gasteiger partial charge on any atom is 0.277 e. The number of aromatic amines is 2. The number of ether oxygens (including phenoxy) is 1. The van der Waals surface area contributed by atoms with Crippen molar-refractivity contribution in [1.82, 2.24) is 25.1 Å². The van der Waals surface area contributed by atoms with E-state index in [9.17, 15) is 4.79 Å². The van der Waals surface area contributed by atoms with Crippen LogP contribution in [0.25, 0.3) is 33.8 Å². The van der Waals surface area contributed by atoms with Gasteiger partial charge < -0.3 is 9.72 Å². The van der Waals surface area contributed by atoms with Crippen LogP contribution in [0, 0.1) is 0 Å². The van der Waals surface area contributed by atoms with Crippen molar-refractivity contribution in [2.45, 2.75) is 13.3 Å². The minimum atomic E-state index is -0.287. The van der Waals surface area contributed by atoms with Crippen LogP contribution in [-0.4, -0.2) is 31.8 Å². The summed E-state index contributed by atoms with van der Waals surface area (Å²) in [4.78, 5) is 24.3. The Balaban J connectivity index is 1.89. The summed E-state index contributed by atoms with van der Waals surface area (Å²) < 4.78 is 5.79. The molecule has 0 aliphatic heterocycles. The molecular weight excluding hydrogens is 330 g/mol. The second-order valence-electron chi connectivity index (χ2n) is 5.77. The van der Waals surface area contributed by atoms with Gasteiger partial charge >= 0.3 is 0 Å². The number of nitrogens with zero attached hydrogens (tertiary/aromatic N) is 3. The summed E-state index contributed by atoms with van der Waals surface area (Å²) in [7, 11) is 0. The van der Waals surface area contributed by atoms with Gasteiger partial charge in [-0.2, -0.15) is 5.10 Å². The van der Waals surface area contributed by atoms with Gasteiger partial charge in [-0.05, 0) is 30.7 Å². The number of H-pyrrole nitrogens is 2. The van der Waals surface area contributed by atoms with Crippen molar-refractivity contribution >= 4 is 11.0 Å². The summed E-state index contributed by atoms with van der Waals surface area (Å²) >= 11 is 0. The van der Waals surface area contributed by atoms with Crippen molar-refractivity contribution < 1.29 is 4.74 Å². The average Bonchev–Trinajstić information content (AvgIpc) is 3.12. The number of pyridine rings is 1. The van der Waals surface area contributed by atoms with Crippen LogP contribution in [0.15, 0.2) is 53.5 Å². The Morgan fingerprint density at radius 1 is 1.12 bits per heavy atom. The molecule has 0 radical (unpaired) electrons. The monoisotopic (exact) mass is 347 g/mol. The van der Waals surface area contributed by atoms with Crippen molar-refractivity contribution in [3.8, 4) is 28.5 Å². The van der Waals surface area contributed by atoms with Gasteiger partial charge in [-0.3, -0.25) is 14.9 Å². The predicted octanol–water partition coefficient (Wildman–Crippen LogP) is 3.16. The van der Waals surface area contributed by atoms with Crippen LogP contribution in [0.5, 0.6) is 5.75 Å². The lowest BCUT2D eigenvalue weighted by atomic mass is 10.1. The molecule has 26 heavy (non-hydrogen) atoms. The van der Waals surface area contributed by atoms with Gasteiger partial charge in [-0.1, -0.05) is 25.1 Å². The molecular formula is C19H17N5O2. The van der Waals surface area contributed by atoms with Crippen LogP contribution in [0.1, 0.15) is 13.3 Å². The second-order valence-corrected chi connectivity index (χ2v) is 5.77. The van der Waals surface area contributed by atoms with E-state index in [1.54, 1.807) is 6.20 Å². The molecule has 4 aromatic rings. The van der Waals surface area contributed by atoms with Gasteiger partial charge in [0.05, 0.1) is 17.9 Å². The molecule has 0 aliphatic rings.